The molecule has 1 aliphatic rings. The summed E-state index contributed by atoms with van der Waals surface area (Å²) in [6.07, 6.45) is 54.8. The first-order valence-electron chi connectivity index (χ1n) is 25.8. The molecule has 0 radical (unpaired) electrons. The fourth-order valence-corrected chi connectivity index (χ4v) is 7.67. The number of allylic oxidation sites excluding steroid dienone is 14. The van der Waals surface area contributed by atoms with Gasteiger partial charge in [0.2, 0.25) is 5.91 Å². The van der Waals surface area contributed by atoms with E-state index in [4.69, 9.17) is 9.47 Å². The van der Waals surface area contributed by atoms with E-state index in [9.17, 15) is 30.3 Å². The maximum absolute atomic E-state index is 13.0. The van der Waals surface area contributed by atoms with Gasteiger partial charge in [-0.1, -0.05) is 208 Å². The summed E-state index contributed by atoms with van der Waals surface area (Å²) in [6.45, 7) is 3.67. The molecule has 0 aliphatic carbocycles. The van der Waals surface area contributed by atoms with Gasteiger partial charge < -0.3 is 40.3 Å². The summed E-state index contributed by atoms with van der Waals surface area (Å²) in [5.74, 6) is -0.155. The van der Waals surface area contributed by atoms with Crippen LogP contribution < -0.4 is 5.32 Å². The summed E-state index contributed by atoms with van der Waals surface area (Å²) in [5, 5.41) is 54.2. The highest BCUT2D eigenvalue weighted by Crippen LogP contribution is 2.23. The summed E-state index contributed by atoms with van der Waals surface area (Å²) in [5.41, 5.74) is 0. The number of carbonyl (C=O) groups is 1. The molecule has 64 heavy (non-hydrogen) atoms. The molecule has 1 saturated heterocycles. The molecule has 1 fully saturated rings. The maximum atomic E-state index is 13.0. The predicted octanol–water partition coefficient (Wildman–Crippen LogP) is 11.9. The number of aliphatic hydroxyl groups excluding tert-OH is 5. The Morgan fingerprint density at radius 2 is 0.969 bits per heavy atom. The summed E-state index contributed by atoms with van der Waals surface area (Å²) < 4.78 is 11.2. The van der Waals surface area contributed by atoms with Crippen LogP contribution in [0.15, 0.2) is 85.1 Å². The number of amides is 1. The van der Waals surface area contributed by atoms with Gasteiger partial charge in [0.05, 0.1) is 25.4 Å². The van der Waals surface area contributed by atoms with Gasteiger partial charge in [0.1, 0.15) is 24.4 Å². The minimum Gasteiger partial charge on any atom is -0.394 e. The average molecular weight is 898 g/mol. The van der Waals surface area contributed by atoms with Gasteiger partial charge in [-0.2, -0.15) is 0 Å². The topological polar surface area (TPSA) is 149 Å². The molecule has 1 heterocycles. The van der Waals surface area contributed by atoms with E-state index in [1.165, 1.54) is 83.5 Å². The Morgan fingerprint density at radius 1 is 0.547 bits per heavy atom. The van der Waals surface area contributed by atoms with Gasteiger partial charge in [-0.25, -0.2) is 0 Å². The third-order valence-electron chi connectivity index (χ3n) is 11.8. The van der Waals surface area contributed by atoms with Crippen molar-refractivity contribution in [3.63, 3.8) is 0 Å². The van der Waals surface area contributed by atoms with Crippen LogP contribution in [0.1, 0.15) is 200 Å². The van der Waals surface area contributed by atoms with Crippen molar-refractivity contribution >= 4 is 5.91 Å². The van der Waals surface area contributed by atoms with E-state index in [0.29, 0.717) is 12.8 Å². The van der Waals surface area contributed by atoms with Crippen LogP contribution in [0.4, 0.5) is 0 Å². The predicted molar refractivity (Wildman–Crippen MR) is 267 cm³/mol. The molecule has 0 bridgehead atoms. The molecule has 0 spiro atoms. The third-order valence-corrected chi connectivity index (χ3v) is 11.8. The minimum absolute atomic E-state index is 0.143. The van der Waals surface area contributed by atoms with Crippen LogP contribution in [0.25, 0.3) is 0 Å². The van der Waals surface area contributed by atoms with E-state index in [1.54, 1.807) is 0 Å². The summed E-state index contributed by atoms with van der Waals surface area (Å²) in [4.78, 5) is 13.0. The van der Waals surface area contributed by atoms with Crippen molar-refractivity contribution in [2.45, 2.75) is 243 Å². The van der Waals surface area contributed by atoms with Gasteiger partial charge in [-0.05, 0) is 70.6 Å². The largest absolute Gasteiger partial charge is 0.394 e. The zero-order valence-electron chi connectivity index (χ0n) is 40.5. The van der Waals surface area contributed by atoms with Crippen LogP contribution in [0.5, 0.6) is 0 Å². The van der Waals surface area contributed by atoms with Crippen molar-refractivity contribution in [1.29, 1.82) is 0 Å². The number of carbonyl (C=O) groups excluding carboxylic acids is 1. The number of rotatable bonds is 42. The van der Waals surface area contributed by atoms with Crippen molar-refractivity contribution in [3.8, 4) is 0 Å². The van der Waals surface area contributed by atoms with E-state index in [0.717, 1.165) is 89.9 Å². The van der Waals surface area contributed by atoms with Crippen LogP contribution in [0.2, 0.25) is 0 Å². The Bertz CT molecular complexity index is 1270. The van der Waals surface area contributed by atoms with E-state index in [-0.39, 0.29) is 12.5 Å². The van der Waals surface area contributed by atoms with Crippen LogP contribution in [0.3, 0.4) is 0 Å². The first-order chi connectivity index (χ1) is 31.3. The molecule has 1 rings (SSSR count). The molecule has 0 aromatic heterocycles. The quantitative estimate of drug-likeness (QED) is 0.0262. The van der Waals surface area contributed by atoms with Gasteiger partial charge in [0.15, 0.2) is 6.29 Å². The van der Waals surface area contributed by atoms with Crippen LogP contribution >= 0.6 is 0 Å². The standard InChI is InChI=1S/C55H95NO8/c1-3-5-7-9-11-13-14-15-16-17-18-19-20-21-22-23-24-25-26-27-28-29-30-31-32-33-34-35-36-37-39-41-43-45-51(59)56-48(49(58)44-42-40-38-12-10-8-6-4-2)47-63-55-54(62)53(61)52(60)50(46-57)64-55/h5,7,11,13,15-16,18-19,21-22,24-25,27-28,48-50,52-55,57-58,60-62H,3-4,6,8-10,12,14,17,20,23,26,29-47H2,1-2H3,(H,56,59)/b7-5-,13-11-,16-15-,19-18-,22-21-,25-24-,28-27-. The Hall–Kier alpha value is -2.63. The summed E-state index contributed by atoms with van der Waals surface area (Å²) in [6, 6.07) is -0.722. The second-order valence-electron chi connectivity index (χ2n) is 17.6. The molecule has 1 aliphatic heterocycles. The smallest absolute Gasteiger partial charge is 0.220 e. The lowest BCUT2D eigenvalue weighted by Gasteiger charge is -2.40. The van der Waals surface area contributed by atoms with Crippen molar-refractivity contribution in [1.82, 2.24) is 5.32 Å². The van der Waals surface area contributed by atoms with Crippen molar-refractivity contribution in [2.75, 3.05) is 13.2 Å². The van der Waals surface area contributed by atoms with Crippen molar-refractivity contribution in [3.05, 3.63) is 85.1 Å². The van der Waals surface area contributed by atoms with Crippen molar-refractivity contribution in [2.24, 2.45) is 0 Å². The molecular weight excluding hydrogens is 803 g/mol. The zero-order chi connectivity index (χ0) is 46.6. The second kappa shape index (κ2) is 44.2. The second-order valence-corrected chi connectivity index (χ2v) is 17.6. The van der Waals surface area contributed by atoms with Crippen LogP contribution in [0, 0.1) is 0 Å². The first-order valence-corrected chi connectivity index (χ1v) is 25.8. The normalized spacial score (nSPS) is 20.8. The van der Waals surface area contributed by atoms with Gasteiger partial charge >= 0.3 is 0 Å². The third kappa shape index (κ3) is 33.8. The maximum Gasteiger partial charge on any atom is 0.220 e. The number of aliphatic hydroxyl groups is 5. The van der Waals surface area contributed by atoms with E-state index >= 15 is 0 Å². The number of hydrogen-bond donors (Lipinski definition) is 6. The van der Waals surface area contributed by atoms with Gasteiger partial charge in [0, 0.05) is 6.42 Å². The Kier molecular flexibility index (Phi) is 41.0. The SMILES string of the molecule is CC/C=C\C/C=C\C/C=C\C/C=C\C/C=C\C/C=C\C/C=C\CCCCCCCCCCCCCC(=O)NC(COC1OC(CO)C(O)C(O)C1O)C(O)CCCCCCCCCC. The molecule has 0 aromatic rings. The van der Waals surface area contributed by atoms with E-state index < -0.39 is 49.5 Å². The van der Waals surface area contributed by atoms with Crippen LogP contribution in [-0.2, 0) is 14.3 Å². The Balaban J connectivity index is 2.12. The van der Waals surface area contributed by atoms with E-state index in [2.05, 4.69) is 104 Å². The highest BCUT2D eigenvalue weighted by Gasteiger charge is 2.44. The number of nitrogens with one attached hydrogen (secondary N) is 1. The highest BCUT2D eigenvalue weighted by atomic mass is 16.7. The highest BCUT2D eigenvalue weighted by molar-refractivity contribution is 5.76. The first kappa shape index (κ1) is 59.4. The molecule has 9 nitrogen and oxygen atoms in total. The fraction of sp³-hybridized carbons (Fsp3) is 0.727. The monoisotopic (exact) mass is 898 g/mol. The lowest BCUT2D eigenvalue weighted by Crippen LogP contribution is -2.60. The fourth-order valence-electron chi connectivity index (χ4n) is 7.67. The molecule has 1 amide bonds. The summed E-state index contributed by atoms with van der Waals surface area (Å²) >= 11 is 0. The minimum atomic E-state index is -1.56. The zero-order valence-corrected chi connectivity index (χ0v) is 40.5. The molecule has 7 unspecified atom stereocenters. The Morgan fingerprint density at radius 3 is 1.44 bits per heavy atom. The summed E-state index contributed by atoms with van der Waals surface area (Å²) in [7, 11) is 0. The molecule has 7 atom stereocenters. The Labute approximate surface area is 391 Å². The molecule has 0 aromatic carbocycles. The lowest BCUT2D eigenvalue weighted by atomic mass is 9.99. The molecule has 0 saturated carbocycles. The lowest BCUT2D eigenvalue weighted by molar-refractivity contribution is -0.302. The molecule has 6 N–H and O–H groups in total. The van der Waals surface area contributed by atoms with Crippen molar-refractivity contribution < 1.29 is 39.8 Å². The van der Waals surface area contributed by atoms with Gasteiger partial charge in [0.25, 0.3) is 0 Å². The number of hydrogen-bond acceptors (Lipinski definition) is 8. The number of unbranched alkanes of at least 4 members (excludes halogenated alkanes) is 18. The van der Waals surface area contributed by atoms with Gasteiger partial charge in [-0.15, -0.1) is 0 Å². The average Bonchev–Trinajstić information content (AvgIpc) is 3.29. The molecule has 368 valence electrons. The number of ether oxygens (including phenoxy) is 2. The van der Waals surface area contributed by atoms with E-state index in [1.807, 2.05) is 0 Å². The van der Waals surface area contributed by atoms with Gasteiger partial charge in [-0.3, -0.25) is 4.79 Å². The molecule has 9 heteroatoms. The van der Waals surface area contributed by atoms with Crippen LogP contribution in [-0.4, -0.2) is 87.5 Å². The molecular formula is C55H95NO8.